The van der Waals surface area contributed by atoms with Crippen molar-refractivity contribution in [1.29, 1.82) is 0 Å². The second-order valence-corrected chi connectivity index (χ2v) is 12.1. The van der Waals surface area contributed by atoms with Crippen LogP contribution in [0.4, 0.5) is 5.69 Å². The van der Waals surface area contributed by atoms with Crippen LogP contribution in [0.15, 0.2) is 87.6 Å². The number of nitro benzene ring substituents is 1. The number of carbonyl (C=O) groups excluding carboxylic acids is 1. The molecule has 16 nitrogen and oxygen atoms in total. The number of hydrogen-bond donors (Lipinski definition) is 4. The molecule has 0 atom stereocenters. The van der Waals surface area contributed by atoms with E-state index in [9.17, 15) is 34.7 Å². The fraction of sp³-hybridized carbons (Fsp3) is 0.257. The Balaban J connectivity index is 0.000000198. The number of nitro groups is 1. The third-order valence-corrected chi connectivity index (χ3v) is 7.94. The summed E-state index contributed by atoms with van der Waals surface area (Å²) in [5, 5.41) is 36.9. The van der Waals surface area contributed by atoms with E-state index in [1.54, 1.807) is 52.0 Å². The van der Waals surface area contributed by atoms with Gasteiger partial charge in [0.05, 0.1) is 41.9 Å². The predicted molar refractivity (Wildman–Crippen MR) is 181 cm³/mol. The zero-order valence-electron chi connectivity index (χ0n) is 28.1. The minimum atomic E-state index is -0.881. The molecule has 0 unspecified atom stereocenters. The van der Waals surface area contributed by atoms with Gasteiger partial charge in [0.2, 0.25) is 5.88 Å². The maximum Gasteiger partial charge on any atom is 0.337 e. The van der Waals surface area contributed by atoms with E-state index in [2.05, 4.69) is 15.2 Å². The normalized spacial score (nSPS) is 15.2. The molecule has 0 fully saturated rings. The van der Waals surface area contributed by atoms with Crippen LogP contribution in [0.1, 0.15) is 49.2 Å². The fourth-order valence-electron chi connectivity index (χ4n) is 5.34. The Bertz CT molecular complexity index is 2160. The number of esters is 1. The smallest absolute Gasteiger partial charge is 0.337 e. The molecule has 2 aromatic heterocycles. The Morgan fingerprint density at radius 3 is 2.00 bits per heavy atom. The van der Waals surface area contributed by atoms with Gasteiger partial charge in [-0.25, -0.2) is 9.89 Å². The highest BCUT2D eigenvalue weighted by molar-refractivity contribution is 5.91. The van der Waals surface area contributed by atoms with E-state index in [0.717, 1.165) is 0 Å². The number of methoxy groups -OCH3 is 1. The molecule has 2 aliphatic rings. The lowest BCUT2D eigenvalue weighted by molar-refractivity contribution is -0.384. The van der Waals surface area contributed by atoms with Crippen LogP contribution in [-0.4, -0.2) is 67.8 Å². The molecule has 0 amide bonds. The van der Waals surface area contributed by atoms with Gasteiger partial charge in [0.25, 0.3) is 16.8 Å². The summed E-state index contributed by atoms with van der Waals surface area (Å²) >= 11 is 0. The number of rotatable bonds is 8. The van der Waals surface area contributed by atoms with E-state index in [-0.39, 0.29) is 47.4 Å². The van der Waals surface area contributed by atoms with Crippen molar-refractivity contribution < 1.29 is 43.6 Å². The number of carbonyl (C=O) groups is 1. The highest BCUT2D eigenvalue weighted by Gasteiger charge is 2.38. The van der Waals surface area contributed by atoms with Crippen molar-refractivity contribution >= 4 is 23.2 Å². The van der Waals surface area contributed by atoms with E-state index in [4.69, 9.17) is 23.7 Å². The Labute approximate surface area is 289 Å². The van der Waals surface area contributed by atoms with Crippen molar-refractivity contribution in [1.82, 2.24) is 15.2 Å². The molecular weight excluding hydrogens is 668 g/mol. The Morgan fingerprint density at radius 2 is 1.45 bits per heavy atom. The van der Waals surface area contributed by atoms with Gasteiger partial charge in [-0.1, -0.05) is 0 Å². The van der Waals surface area contributed by atoms with Crippen LogP contribution in [0, 0.1) is 10.1 Å². The van der Waals surface area contributed by atoms with Gasteiger partial charge < -0.3 is 38.9 Å². The summed E-state index contributed by atoms with van der Waals surface area (Å²) in [4.78, 5) is 47.6. The van der Waals surface area contributed by atoms with Gasteiger partial charge >= 0.3 is 5.97 Å². The van der Waals surface area contributed by atoms with Gasteiger partial charge in [0, 0.05) is 47.7 Å². The molecule has 266 valence electrons. The first-order valence-corrected chi connectivity index (χ1v) is 15.4. The van der Waals surface area contributed by atoms with E-state index >= 15 is 0 Å². The average molecular weight is 703 g/mol. The van der Waals surface area contributed by atoms with Gasteiger partial charge in [-0.2, -0.15) is 0 Å². The zero-order chi connectivity index (χ0) is 37.1. The number of aromatic amines is 2. The summed E-state index contributed by atoms with van der Waals surface area (Å²) in [5.74, 6) is 1.31. The number of nitrogens with one attached hydrogen (secondary N) is 2. The number of hydrogen-bond acceptors (Lipinski definition) is 13. The van der Waals surface area contributed by atoms with Crippen molar-refractivity contribution in [3.8, 4) is 23.1 Å². The van der Waals surface area contributed by atoms with Gasteiger partial charge in [-0.05, 0) is 58.0 Å². The van der Waals surface area contributed by atoms with Crippen LogP contribution < -0.4 is 30.1 Å². The van der Waals surface area contributed by atoms with Crippen molar-refractivity contribution in [2.45, 2.75) is 38.9 Å². The third-order valence-electron chi connectivity index (χ3n) is 7.94. The topological polar surface area (TPSA) is 225 Å². The maximum atomic E-state index is 11.9. The van der Waals surface area contributed by atoms with Crippen molar-refractivity contribution in [2.24, 2.45) is 0 Å². The molecule has 0 saturated heterocycles. The number of nitrogens with zero attached hydrogens (tertiary/aromatic N) is 2. The predicted octanol–water partition coefficient (Wildman–Crippen LogP) is 3.75. The van der Waals surface area contributed by atoms with Gasteiger partial charge in [-0.3, -0.25) is 19.7 Å². The first-order valence-electron chi connectivity index (χ1n) is 15.4. The van der Waals surface area contributed by atoms with E-state index in [1.165, 1.54) is 49.7 Å². The Kier molecular flexibility index (Phi) is 10.1. The lowest BCUT2D eigenvalue weighted by Crippen LogP contribution is -2.37. The number of ether oxygens (including phenoxy) is 5. The lowest BCUT2D eigenvalue weighted by Gasteiger charge is -2.35. The largest absolute Gasteiger partial charge is 0.482 e. The minimum Gasteiger partial charge on any atom is -0.482 e. The molecular formula is C35H34N4O12. The number of pyridine rings is 1. The Hall–Kier alpha value is -6.26. The number of aromatic nitrogens is 3. The van der Waals surface area contributed by atoms with Gasteiger partial charge in [0.15, 0.2) is 0 Å². The minimum absolute atomic E-state index is 0.133. The molecule has 4 heterocycles. The first-order chi connectivity index (χ1) is 24.2. The summed E-state index contributed by atoms with van der Waals surface area (Å²) in [7, 11) is 1.29. The molecule has 0 spiro atoms. The summed E-state index contributed by atoms with van der Waals surface area (Å²) in [6, 6.07) is 14.4. The molecule has 0 aliphatic carbocycles. The number of benzene rings is 2. The van der Waals surface area contributed by atoms with E-state index in [0.29, 0.717) is 45.1 Å². The zero-order valence-corrected chi connectivity index (χ0v) is 28.1. The number of fused-ring (bicyclic) bond motifs is 2. The monoisotopic (exact) mass is 702 g/mol. The standard InChI is InChI=1S/C18H18N2O6.C17H16N2O6/c1-18(2)12(9-21)16(25-15-7-6-14(22)19-20-15)11-8-10(17(23)24-3)4-5-13(11)26-18;1-17(2)13(9-20)16(24-11-5-6-18-15(21)8-11)12-7-10(19(22)23)3-4-14(12)25-17/h4-8,21H,9H2,1-3H3,(H,19,22);3-8,20H,9H2,1-2H3,(H,18,21). The highest BCUT2D eigenvalue weighted by Crippen LogP contribution is 2.43. The molecule has 0 bridgehead atoms. The van der Waals surface area contributed by atoms with Crippen LogP contribution in [0.5, 0.6) is 23.1 Å². The van der Waals surface area contributed by atoms with Crippen LogP contribution >= 0.6 is 0 Å². The fourth-order valence-corrected chi connectivity index (χ4v) is 5.34. The number of non-ortho nitro benzene ring substituents is 1. The molecule has 2 aliphatic heterocycles. The van der Waals surface area contributed by atoms with E-state index < -0.39 is 22.1 Å². The summed E-state index contributed by atoms with van der Waals surface area (Å²) < 4.78 is 28.2. The quantitative estimate of drug-likeness (QED) is 0.117. The second-order valence-electron chi connectivity index (χ2n) is 12.1. The van der Waals surface area contributed by atoms with Crippen molar-refractivity contribution in [3.63, 3.8) is 0 Å². The molecule has 0 saturated carbocycles. The highest BCUT2D eigenvalue weighted by atomic mass is 16.6. The molecule has 2 aromatic carbocycles. The van der Waals surface area contributed by atoms with Crippen LogP contribution in [0.3, 0.4) is 0 Å². The van der Waals surface area contributed by atoms with Crippen molar-refractivity contribution in [2.75, 3.05) is 20.3 Å². The summed E-state index contributed by atoms with van der Waals surface area (Å²) in [6.07, 6.45) is 1.43. The number of aliphatic hydroxyl groups is 2. The van der Waals surface area contributed by atoms with Gasteiger partial charge in [0.1, 0.15) is 40.0 Å². The number of aliphatic hydroxyl groups excluding tert-OH is 2. The SMILES string of the molecule is CC1(C)Oc2ccc([N+](=O)[O-])cc2C(Oc2cc[nH]c(=O)c2)=C1CO.COC(=O)c1ccc2c(c1)C(Oc1ccc(=O)[nH]n1)=C(CO)C(C)(C)O2. The Morgan fingerprint density at radius 1 is 0.843 bits per heavy atom. The molecule has 4 aromatic rings. The maximum absolute atomic E-state index is 11.9. The third kappa shape index (κ3) is 7.66. The van der Waals surface area contributed by atoms with Gasteiger partial charge in [-0.15, -0.1) is 5.10 Å². The molecule has 0 radical (unpaired) electrons. The second kappa shape index (κ2) is 14.3. The average Bonchev–Trinajstić information content (AvgIpc) is 3.08. The molecule has 4 N–H and O–H groups in total. The molecule has 51 heavy (non-hydrogen) atoms. The summed E-state index contributed by atoms with van der Waals surface area (Å²) in [5.41, 5.74) is -0.555. The number of H-pyrrole nitrogens is 2. The van der Waals surface area contributed by atoms with Crippen LogP contribution in [0.25, 0.3) is 11.5 Å². The van der Waals surface area contributed by atoms with Crippen molar-refractivity contribution in [3.05, 3.63) is 126 Å². The first kappa shape index (κ1) is 36.0. The molecule has 16 heteroatoms. The van der Waals surface area contributed by atoms with Crippen LogP contribution in [0.2, 0.25) is 0 Å². The summed E-state index contributed by atoms with van der Waals surface area (Å²) in [6.45, 7) is 6.40. The van der Waals surface area contributed by atoms with E-state index in [1.807, 2.05) is 0 Å². The molecule has 6 rings (SSSR count). The lowest BCUT2D eigenvalue weighted by atomic mass is 9.90. The van der Waals surface area contributed by atoms with Crippen LogP contribution in [-0.2, 0) is 4.74 Å².